The molecule has 3 rings (SSSR count). The summed E-state index contributed by atoms with van der Waals surface area (Å²) >= 11 is 0. The number of hydrogen-bond donors (Lipinski definition) is 2. The van der Waals surface area contributed by atoms with Crippen LogP contribution in [0.1, 0.15) is 11.1 Å². The first-order valence-electron chi connectivity index (χ1n) is 9.80. The second-order valence-electron chi connectivity index (χ2n) is 7.01. The van der Waals surface area contributed by atoms with Gasteiger partial charge in [-0.15, -0.1) is 0 Å². The van der Waals surface area contributed by atoms with Crippen molar-refractivity contribution in [3.63, 3.8) is 0 Å². The van der Waals surface area contributed by atoms with Gasteiger partial charge in [-0.25, -0.2) is 0 Å². The Labute approximate surface area is 176 Å². The molecule has 1 amide bonds. The average molecular weight is 412 g/mol. The number of rotatable bonds is 8. The third-order valence-corrected chi connectivity index (χ3v) is 4.59. The number of nitrogens with one attached hydrogen (secondary N) is 2. The van der Waals surface area contributed by atoms with E-state index < -0.39 is 0 Å². The van der Waals surface area contributed by atoms with Gasteiger partial charge in [-0.05, 0) is 41.8 Å². The standard InChI is InChI=1S/C22H28N4O4/c1-23-22(24-10-9-16-7-8-19-20(12-16)30-15-29-19)25-13-17-5-4-6-18(11-17)28-14-21(27)26(2)3/h4-8,11-12H,9-10,13-15H2,1-3H3,(H2,23,24,25). The van der Waals surface area contributed by atoms with Crippen LogP contribution < -0.4 is 24.8 Å². The summed E-state index contributed by atoms with van der Waals surface area (Å²) < 4.78 is 16.3. The molecule has 1 aliphatic rings. The second kappa shape index (κ2) is 10.4. The van der Waals surface area contributed by atoms with Crippen LogP contribution in [0.15, 0.2) is 47.5 Å². The van der Waals surface area contributed by atoms with Gasteiger partial charge in [-0.2, -0.15) is 0 Å². The molecule has 8 nitrogen and oxygen atoms in total. The Kier molecular flexibility index (Phi) is 7.37. The van der Waals surface area contributed by atoms with Crippen molar-refractivity contribution in [2.75, 3.05) is 41.1 Å². The van der Waals surface area contributed by atoms with E-state index in [1.165, 1.54) is 10.5 Å². The molecule has 0 atom stereocenters. The quantitative estimate of drug-likeness (QED) is 0.508. The number of carbonyl (C=O) groups is 1. The molecule has 1 heterocycles. The number of amides is 1. The molecular formula is C22H28N4O4. The SMILES string of the molecule is CN=C(NCCc1ccc2c(c1)OCO2)NCc1cccc(OCC(=O)N(C)C)c1. The van der Waals surface area contributed by atoms with Crippen LogP contribution in [0.25, 0.3) is 0 Å². The lowest BCUT2D eigenvalue weighted by atomic mass is 10.1. The fraction of sp³-hybridized carbons (Fsp3) is 0.364. The first kappa shape index (κ1) is 21.3. The molecule has 8 heteroatoms. The van der Waals surface area contributed by atoms with E-state index in [9.17, 15) is 4.79 Å². The van der Waals surface area contributed by atoms with Crippen molar-refractivity contribution < 1.29 is 19.0 Å². The summed E-state index contributed by atoms with van der Waals surface area (Å²) in [5.74, 6) is 2.89. The fourth-order valence-electron chi connectivity index (χ4n) is 2.85. The number of aliphatic imine (C=N–C) groups is 1. The molecule has 2 N–H and O–H groups in total. The zero-order chi connectivity index (χ0) is 21.3. The molecule has 0 saturated carbocycles. The van der Waals surface area contributed by atoms with Crippen molar-refractivity contribution in [2.45, 2.75) is 13.0 Å². The van der Waals surface area contributed by atoms with E-state index >= 15 is 0 Å². The first-order chi connectivity index (χ1) is 14.5. The van der Waals surface area contributed by atoms with E-state index in [2.05, 4.69) is 15.6 Å². The summed E-state index contributed by atoms with van der Waals surface area (Å²) in [6, 6.07) is 13.6. The predicted molar refractivity (Wildman–Crippen MR) is 115 cm³/mol. The minimum atomic E-state index is -0.0782. The minimum absolute atomic E-state index is 0.0208. The molecule has 30 heavy (non-hydrogen) atoms. The highest BCUT2D eigenvalue weighted by atomic mass is 16.7. The Bertz CT molecular complexity index is 898. The van der Waals surface area contributed by atoms with Crippen LogP contribution in [0.2, 0.25) is 0 Å². The van der Waals surface area contributed by atoms with Gasteiger partial charge in [0.1, 0.15) is 5.75 Å². The Hall–Kier alpha value is -3.42. The molecule has 0 unspecified atom stereocenters. The Balaban J connectivity index is 1.44. The van der Waals surface area contributed by atoms with Crippen LogP contribution in [0.3, 0.4) is 0 Å². The van der Waals surface area contributed by atoms with Crippen molar-refractivity contribution in [2.24, 2.45) is 4.99 Å². The van der Waals surface area contributed by atoms with Crippen LogP contribution in [-0.2, 0) is 17.8 Å². The maximum absolute atomic E-state index is 11.7. The van der Waals surface area contributed by atoms with Crippen molar-refractivity contribution in [3.05, 3.63) is 53.6 Å². The van der Waals surface area contributed by atoms with Gasteiger partial charge < -0.3 is 29.7 Å². The van der Waals surface area contributed by atoms with Crippen molar-refractivity contribution in [3.8, 4) is 17.2 Å². The number of benzene rings is 2. The number of likely N-dealkylation sites (N-methyl/N-ethyl adjacent to an activating group) is 1. The lowest BCUT2D eigenvalue weighted by Gasteiger charge is -2.14. The molecule has 2 aromatic rings. The Morgan fingerprint density at radius 1 is 1.10 bits per heavy atom. The highest BCUT2D eigenvalue weighted by Gasteiger charge is 2.13. The van der Waals surface area contributed by atoms with Crippen LogP contribution in [0, 0.1) is 0 Å². The summed E-state index contributed by atoms with van der Waals surface area (Å²) in [4.78, 5) is 17.4. The van der Waals surface area contributed by atoms with Crippen molar-refractivity contribution in [1.82, 2.24) is 15.5 Å². The number of fused-ring (bicyclic) bond motifs is 1. The molecule has 0 aromatic heterocycles. The molecular weight excluding hydrogens is 384 g/mol. The van der Waals surface area contributed by atoms with E-state index in [1.54, 1.807) is 21.1 Å². The molecule has 160 valence electrons. The van der Waals surface area contributed by atoms with E-state index in [0.29, 0.717) is 18.3 Å². The number of nitrogens with zero attached hydrogens (tertiary/aromatic N) is 2. The van der Waals surface area contributed by atoms with Crippen molar-refractivity contribution >= 4 is 11.9 Å². The predicted octanol–water partition coefficient (Wildman–Crippen LogP) is 1.79. The van der Waals surface area contributed by atoms with E-state index in [-0.39, 0.29) is 19.3 Å². The van der Waals surface area contributed by atoms with E-state index in [1.807, 2.05) is 42.5 Å². The maximum atomic E-state index is 11.7. The largest absolute Gasteiger partial charge is 0.484 e. The highest BCUT2D eigenvalue weighted by molar-refractivity contribution is 5.79. The number of ether oxygens (including phenoxy) is 3. The molecule has 2 aromatic carbocycles. The van der Waals surface area contributed by atoms with Gasteiger partial charge in [0.2, 0.25) is 6.79 Å². The van der Waals surface area contributed by atoms with Gasteiger partial charge in [0.15, 0.2) is 24.1 Å². The van der Waals surface area contributed by atoms with Crippen LogP contribution in [0.4, 0.5) is 0 Å². The minimum Gasteiger partial charge on any atom is -0.484 e. The smallest absolute Gasteiger partial charge is 0.259 e. The number of carbonyl (C=O) groups excluding carboxylic acids is 1. The molecule has 0 radical (unpaired) electrons. The van der Waals surface area contributed by atoms with Gasteiger partial charge in [0, 0.05) is 34.2 Å². The normalized spacial score (nSPS) is 12.4. The van der Waals surface area contributed by atoms with E-state index in [4.69, 9.17) is 14.2 Å². The third-order valence-electron chi connectivity index (χ3n) is 4.59. The lowest BCUT2D eigenvalue weighted by Crippen LogP contribution is -2.37. The topological polar surface area (TPSA) is 84.4 Å². The molecule has 0 spiro atoms. The van der Waals surface area contributed by atoms with Crippen LogP contribution in [-0.4, -0.2) is 57.9 Å². The molecule has 0 saturated heterocycles. The Morgan fingerprint density at radius 2 is 1.93 bits per heavy atom. The number of guanidine groups is 1. The molecule has 1 aliphatic heterocycles. The van der Waals surface area contributed by atoms with Gasteiger partial charge in [-0.1, -0.05) is 18.2 Å². The van der Waals surface area contributed by atoms with Crippen LogP contribution >= 0.6 is 0 Å². The second-order valence-corrected chi connectivity index (χ2v) is 7.01. The summed E-state index contributed by atoms with van der Waals surface area (Å²) in [5.41, 5.74) is 2.20. The summed E-state index contributed by atoms with van der Waals surface area (Å²) in [6.45, 7) is 1.62. The zero-order valence-corrected chi connectivity index (χ0v) is 17.6. The highest BCUT2D eigenvalue weighted by Crippen LogP contribution is 2.32. The molecule has 0 aliphatic carbocycles. The summed E-state index contributed by atoms with van der Waals surface area (Å²) in [6.07, 6.45) is 0.834. The molecule has 0 bridgehead atoms. The Morgan fingerprint density at radius 3 is 2.73 bits per heavy atom. The van der Waals surface area contributed by atoms with Gasteiger partial charge >= 0.3 is 0 Å². The van der Waals surface area contributed by atoms with Gasteiger partial charge in [0.05, 0.1) is 0 Å². The van der Waals surface area contributed by atoms with Crippen molar-refractivity contribution in [1.29, 1.82) is 0 Å². The average Bonchev–Trinajstić information content (AvgIpc) is 3.22. The summed E-state index contributed by atoms with van der Waals surface area (Å²) in [7, 11) is 5.15. The fourth-order valence-corrected chi connectivity index (χ4v) is 2.85. The third kappa shape index (κ3) is 6.04. The van der Waals surface area contributed by atoms with Gasteiger partial charge in [0.25, 0.3) is 5.91 Å². The first-order valence-corrected chi connectivity index (χ1v) is 9.80. The maximum Gasteiger partial charge on any atom is 0.259 e. The zero-order valence-electron chi connectivity index (χ0n) is 17.6. The number of hydrogen-bond acceptors (Lipinski definition) is 5. The monoisotopic (exact) mass is 412 g/mol. The molecule has 0 fully saturated rings. The van der Waals surface area contributed by atoms with Crippen LogP contribution in [0.5, 0.6) is 17.2 Å². The van der Waals surface area contributed by atoms with E-state index in [0.717, 1.165) is 30.0 Å². The summed E-state index contributed by atoms with van der Waals surface area (Å²) in [5, 5.41) is 6.60. The van der Waals surface area contributed by atoms with Gasteiger partial charge in [-0.3, -0.25) is 9.79 Å². The lowest BCUT2D eigenvalue weighted by molar-refractivity contribution is -0.130.